The van der Waals surface area contributed by atoms with Crippen LogP contribution >= 0.6 is 0 Å². The molecule has 0 radical (unpaired) electrons. The number of rotatable bonds is 2. The fraction of sp³-hybridized carbons (Fsp3) is 0. The van der Waals surface area contributed by atoms with Gasteiger partial charge in [-0.3, -0.25) is 0 Å². The van der Waals surface area contributed by atoms with Crippen molar-refractivity contribution < 1.29 is 8.83 Å². The Bertz CT molecular complexity index is 1500. The van der Waals surface area contributed by atoms with Crippen LogP contribution in [0.2, 0.25) is 0 Å². The second-order valence-electron chi connectivity index (χ2n) is 6.77. The van der Waals surface area contributed by atoms with E-state index in [4.69, 9.17) is 14.6 Å². The standard InChI is InChI=1S/C24H15NO4/c25-16-10-9-15-11-20(24(27)28-21(15)12-16)18-8-4-7-17-19(13-22(26)29-23(17)18)14-5-2-1-3-6-14/h1-13H,25H2. The molecule has 5 aromatic rings. The molecule has 0 bridgehead atoms. The van der Waals surface area contributed by atoms with Crippen LogP contribution in [-0.2, 0) is 0 Å². The van der Waals surface area contributed by atoms with Gasteiger partial charge in [0.2, 0.25) is 0 Å². The zero-order valence-electron chi connectivity index (χ0n) is 15.2. The van der Waals surface area contributed by atoms with Crippen LogP contribution in [-0.4, -0.2) is 0 Å². The van der Waals surface area contributed by atoms with Crippen LogP contribution in [0.15, 0.2) is 97.3 Å². The van der Waals surface area contributed by atoms with Gasteiger partial charge < -0.3 is 14.6 Å². The number of para-hydroxylation sites is 1. The lowest BCUT2D eigenvalue weighted by Crippen LogP contribution is -2.05. The Hall–Kier alpha value is -4.12. The number of fused-ring (bicyclic) bond motifs is 2. The zero-order chi connectivity index (χ0) is 20.0. The average molecular weight is 381 g/mol. The molecule has 0 fully saturated rings. The molecule has 0 aliphatic rings. The third kappa shape index (κ3) is 2.89. The minimum Gasteiger partial charge on any atom is -0.422 e. The average Bonchev–Trinajstić information content (AvgIpc) is 2.73. The Morgan fingerprint density at radius 2 is 1.52 bits per heavy atom. The van der Waals surface area contributed by atoms with Gasteiger partial charge in [-0.15, -0.1) is 0 Å². The Morgan fingerprint density at radius 1 is 0.690 bits per heavy atom. The summed E-state index contributed by atoms with van der Waals surface area (Å²) in [5.41, 5.74) is 8.50. The van der Waals surface area contributed by atoms with Crippen LogP contribution in [0.3, 0.4) is 0 Å². The molecule has 2 N–H and O–H groups in total. The quantitative estimate of drug-likeness (QED) is 0.350. The summed E-state index contributed by atoms with van der Waals surface area (Å²) in [5.74, 6) is 0. The third-order valence-corrected chi connectivity index (χ3v) is 4.91. The highest BCUT2D eigenvalue weighted by Gasteiger charge is 2.16. The second kappa shape index (κ2) is 6.49. The molecular formula is C24H15NO4. The molecule has 0 amide bonds. The molecule has 0 aliphatic heterocycles. The van der Waals surface area contributed by atoms with Gasteiger partial charge in [-0.05, 0) is 29.3 Å². The number of nitrogen functional groups attached to an aromatic ring is 1. The summed E-state index contributed by atoms with van der Waals surface area (Å²) >= 11 is 0. The van der Waals surface area contributed by atoms with Gasteiger partial charge in [0, 0.05) is 34.2 Å². The maximum Gasteiger partial charge on any atom is 0.344 e. The van der Waals surface area contributed by atoms with Crippen molar-refractivity contribution in [2.24, 2.45) is 0 Å². The molecule has 0 spiro atoms. The molecule has 0 atom stereocenters. The molecule has 0 saturated carbocycles. The lowest BCUT2D eigenvalue weighted by molar-refractivity contribution is 0.556. The molecule has 0 aliphatic carbocycles. The zero-order valence-corrected chi connectivity index (χ0v) is 15.2. The van der Waals surface area contributed by atoms with Gasteiger partial charge >= 0.3 is 11.3 Å². The lowest BCUT2D eigenvalue weighted by Gasteiger charge is -2.09. The van der Waals surface area contributed by atoms with Gasteiger partial charge in [-0.25, -0.2) is 9.59 Å². The predicted molar refractivity (Wildman–Crippen MR) is 114 cm³/mol. The second-order valence-corrected chi connectivity index (χ2v) is 6.77. The van der Waals surface area contributed by atoms with E-state index in [0.29, 0.717) is 28.0 Å². The highest BCUT2D eigenvalue weighted by Crippen LogP contribution is 2.33. The van der Waals surface area contributed by atoms with Crippen LogP contribution in [0, 0.1) is 0 Å². The van der Waals surface area contributed by atoms with E-state index >= 15 is 0 Å². The van der Waals surface area contributed by atoms with Crippen molar-refractivity contribution in [3.8, 4) is 22.3 Å². The summed E-state index contributed by atoms with van der Waals surface area (Å²) in [5, 5.41) is 1.47. The van der Waals surface area contributed by atoms with E-state index in [2.05, 4.69) is 0 Å². The molecule has 5 heteroatoms. The van der Waals surface area contributed by atoms with E-state index in [0.717, 1.165) is 21.9 Å². The Balaban J connectivity index is 1.83. The van der Waals surface area contributed by atoms with Crippen LogP contribution in [0.5, 0.6) is 0 Å². The smallest absolute Gasteiger partial charge is 0.344 e. The first-order chi connectivity index (χ1) is 14.1. The number of benzene rings is 3. The number of hydrogen-bond acceptors (Lipinski definition) is 5. The fourth-order valence-corrected chi connectivity index (χ4v) is 3.57. The van der Waals surface area contributed by atoms with E-state index < -0.39 is 11.3 Å². The molecule has 5 nitrogen and oxygen atoms in total. The highest BCUT2D eigenvalue weighted by atomic mass is 16.4. The minimum atomic E-state index is -0.525. The molecular weight excluding hydrogens is 366 g/mol. The van der Waals surface area contributed by atoms with Gasteiger partial charge in [0.05, 0.1) is 5.56 Å². The van der Waals surface area contributed by atoms with Crippen LogP contribution in [0.25, 0.3) is 44.2 Å². The highest BCUT2D eigenvalue weighted by molar-refractivity contribution is 6.01. The van der Waals surface area contributed by atoms with Crippen molar-refractivity contribution in [1.29, 1.82) is 0 Å². The van der Waals surface area contributed by atoms with E-state index in [-0.39, 0.29) is 0 Å². The van der Waals surface area contributed by atoms with Crippen molar-refractivity contribution in [1.82, 2.24) is 0 Å². The van der Waals surface area contributed by atoms with Crippen LogP contribution in [0.1, 0.15) is 0 Å². The normalized spacial score (nSPS) is 11.2. The van der Waals surface area contributed by atoms with E-state index in [9.17, 15) is 9.59 Å². The van der Waals surface area contributed by atoms with Crippen LogP contribution < -0.4 is 17.0 Å². The van der Waals surface area contributed by atoms with Gasteiger partial charge in [0.1, 0.15) is 11.2 Å². The monoisotopic (exact) mass is 381 g/mol. The van der Waals surface area contributed by atoms with Crippen molar-refractivity contribution >= 4 is 27.6 Å². The summed E-state index contributed by atoms with van der Waals surface area (Å²) in [6.07, 6.45) is 0. The Labute approximate surface area is 164 Å². The maximum atomic E-state index is 12.7. The summed E-state index contributed by atoms with van der Waals surface area (Å²) in [6, 6.07) is 23.3. The summed E-state index contributed by atoms with van der Waals surface area (Å²) in [4.78, 5) is 25.0. The van der Waals surface area contributed by atoms with Gasteiger partial charge in [-0.2, -0.15) is 0 Å². The summed E-state index contributed by atoms with van der Waals surface area (Å²) in [7, 11) is 0. The number of anilines is 1. The number of nitrogens with two attached hydrogens (primary N) is 1. The van der Waals surface area contributed by atoms with E-state index in [1.165, 1.54) is 6.07 Å². The largest absolute Gasteiger partial charge is 0.422 e. The lowest BCUT2D eigenvalue weighted by atomic mass is 9.97. The molecule has 3 aromatic carbocycles. The first-order valence-electron chi connectivity index (χ1n) is 9.06. The Kier molecular flexibility index (Phi) is 3.81. The van der Waals surface area contributed by atoms with Gasteiger partial charge in [0.15, 0.2) is 0 Å². The fourth-order valence-electron chi connectivity index (χ4n) is 3.57. The molecule has 0 unspecified atom stereocenters. The van der Waals surface area contributed by atoms with E-state index in [1.54, 1.807) is 30.3 Å². The number of hydrogen-bond donors (Lipinski definition) is 1. The predicted octanol–water partition coefficient (Wildman–Crippen LogP) is 4.82. The molecule has 140 valence electrons. The minimum absolute atomic E-state index is 0.321. The maximum absolute atomic E-state index is 12.7. The molecule has 29 heavy (non-hydrogen) atoms. The van der Waals surface area contributed by atoms with Crippen LogP contribution in [0.4, 0.5) is 5.69 Å². The SMILES string of the molecule is Nc1ccc2cc(-c3cccc4c(-c5ccccc5)cc(=O)oc34)c(=O)oc2c1. The van der Waals surface area contributed by atoms with Crippen molar-refractivity contribution in [2.75, 3.05) is 5.73 Å². The van der Waals surface area contributed by atoms with E-state index in [1.807, 2.05) is 42.5 Å². The summed E-state index contributed by atoms with van der Waals surface area (Å²) in [6.45, 7) is 0. The molecule has 5 rings (SSSR count). The molecule has 0 saturated heterocycles. The first kappa shape index (κ1) is 17.0. The third-order valence-electron chi connectivity index (χ3n) is 4.91. The van der Waals surface area contributed by atoms with Gasteiger partial charge in [-0.1, -0.05) is 48.5 Å². The van der Waals surface area contributed by atoms with Gasteiger partial charge in [0.25, 0.3) is 0 Å². The first-order valence-corrected chi connectivity index (χ1v) is 9.06. The topological polar surface area (TPSA) is 86.4 Å². The molecule has 2 heterocycles. The van der Waals surface area contributed by atoms with Crippen molar-refractivity contribution in [3.05, 3.63) is 99.7 Å². The van der Waals surface area contributed by atoms with Crippen molar-refractivity contribution in [3.63, 3.8) is 0 Å². The van der Waals surface area contributed by atoms with Crippen molar-refractivity contribution in [2.45, 2.75) is 0 Å². The molecule has 2 aromatic heterocycles. The summed E-state index contributed by atoms with van der Waals surface area (Å²) < 4.78 is 11.0. The Morgan fingerprint density at radius 3 is 2.34 bits per heavy atom.